The van der Waals surface area contributed by atoms with Crippen LogP contribution in [-0.2, 0) is 19.2 Å². The molecule has 9 heteroatoms. The average molecular weight is 647 g/mol. The molecule has 0 heterocycles. The van der Waals surface area contributed by atoms with E-state index < -0.39 is 41.0 Å². The van der Waals surface area contributed by atoms with Crippen LogP contribution >= 0.6 is 0 Å². The van der Waals surface area contributed by atoms with Gasteiger partial charge in [0, 0.05) is 39.0 Å². The molecule has 3 aromatic carbocycles. The van der Waals surface area contributed by atoms with Gasteiger partial charge in [-0.05, 0) is 83.1 Å². The lowest BCUT2D eigenvalue weighted by molar-refractivity contribution is -0.131. The molecule has 3 aromatic rings. The quantitative estimate of drug-likeness (QED) is 0.113. The maximum atomic E-state index is 16.4. The minimum atomic E-state index is -1.12. The van der Waals surface area contributed by atoms with Crippen LogP contribution in [0.25, 0.3) is 0 Å². The van der Waals surface area contributed by atoms with Crippen molar-refractivity contribution in [1.29, 1.82) is 0 Å². The van der Waals surface area contributed by atoms with Gasteiger partial charge >= 0.3 is 23.9 Å². The van der Waals surface area contributed by atoms with Gasteiger partial charge < -0.3 is 18.9 Å². The predicted molar refractivity (Wildman–Crippen MR) is 178 cm³/mol. The zero-order valence-corrected chi connectivity index (χ0v) is 27.1. The summed E-state index contributed by atoms with van der Waals surface area (Å²) in [5.41, 5.74) is 0.945. The van der Waals surface area contributed by atoms with Crippen LogP contribution in [0, 0.1) is 36.4 Å². The van der Waals surface area contributed by atoms with Crippen molar-refractivity contribution in [3.63, 3.8) is 0 Å². The highest BCUT2D eigenvalue weighted by molar-refractivity contribution is 5.91. The van der Waals surface area contributed by atoms with Crippen LogP contribution < -0.4 is 18.9 Å². The second kappa shape index (κ2) is 15.7. The second-order valence-electron chi connectivity index (χ2n) is 10.6. The molecule has 0 aromatic heterocycles. The minimum absolute atomic E-state index is 0.0104. The van der Waals surface area contributed by atoms with Crippen LogP contribution in [0.1, 0.15) is 55.5 Å². The summed E-state index contributed by atoms with van der Waals surface area (Å²) in [5.74, 6) is 6.71. The van der Waals surface area contributed by atoms with Gasteiger partial charge in [-0.15, -0.1) is 0 Å². The van der Waals surface area contributed by atoms with Crippen molar-refractivity contribution < 1.29 is 42.5 Å². The van der Waals surface area contributed by atoms with Crippen LogP contribution in [-0.4, -0.2) is 23.9 Å². The lowest BCUT2D eigenvalue weighted by Gasteiger charge is -2.16. The SMILES string of the molecule is C=C(C)C(=O)Oc1ccc(C#Cc2c(F)c(OC(=O)C(=C)C)c(C#Cc3ccc(OC(=O)C(=C)C)cc3)c(C)c2OC(=O)C(=C)C)cc1. The summed E-state index contributed by atoms with van der Waals surface area (Å²) >= 11 is 0. The highest BCUT2D eigenvalue weighted by Gasteiger charge is 2.27. The topological polar surface area (TPSA) is 105 Å². The molecule has 0 aliphatic heterocycles. The first kappa shape index (κ1) is 36.0. The fourth-order valence-corrected chi connectivity index (χ4v) is 3.51. The van der Waals surface area contributed by atoms with E-state index in [-0.39, 0.29) is 50.7 Å². The fraction of sp³-hybridized carbons (Fsp3) is 0.128. The Morgan fingerprint density at radius 1 is 0.521 bits per heavy atom. The molecule has 8 nitrogen and oxygen atoms in total. The van der Waals surface area contributed by atoms with Crippen molar-refractivity contribution in [2.75, 3.05) is 0 Å². The Kier molecular flexibility index (Phi) is 11.8. The molecule has 48 heavy (non-hydrogen) atoms. The summed E-state index contributed by atoms with van der Waals surface area (Å²) in [7, 11) is 0. The summed E-state index contributed by atoms with van der Waals surface area (Å²) in [6.07, 6.45) is 0. The monoisotopic (exact) mass is 646 g/mol. The Labute approximate surface area is 278 Å². The Morgan fingerprint density at radius 3 is 1.23 bits per heavy atom. The number of carbonyl (C=O) groups excluding carboxylic acids is 4. The zero-order valence-electron chi connectivity index (χ0n) is 27.1. The molecule has 0 spiro atoms. The smallest absolute Gasteiger partial charge is 0.338 e. The van der Waals surface area contributed by atoms with Gasteiger partial charge in [0.2, 0.25) is 0 Å². The van der Waals surface area contributed by atoms with Gasteiger partial charge in [-0.3, -0.25) is 0 Å². The Morgan fingerprint density at radius 2 is 0.854 bits per heavy atom. The largest absolute Gasteiger partial charge is 0.423 e. The molecule has 0 N–H and O–H groups in total. The Bertz CT molecular complexity index is 1860. The van der Waals surface area contributed by atoms with Gasteiger partial charge in [-0.1, -0.05) is 50.0 Å². The first-order valence-electron chi connectivity index (χ1n) is 14.2. The molecule has 0 fully saturated rings. The average Bonchev–Trinajstić information content (AvgIpc) is 3.03. The van der Waals surface area contributed by atoms with Crippen LogP contribution in [0.4, 0.5) is 4.39 Å². The van der Waals surface area contributed by atoms with Crippen LogP contribution in [0.5, 0.6) is 23.0 Å². The van der Waals surface area contributed by atoms with E-state index in [9.17, 15) is 19.2 Å². The first-order chi connectivity index (χ1) is 22.6. The van der Waals surface area contributed by atoms with Gasteiger partial charge in [0.15, 0.2) is 17.3 Å². The predicted octanol–water partition coefficient (Wildman–Crippen LogP) is 6.86. The number of hydrogen-bond acceptors (Lipinski definition) is 8. The van der Waals surface area contributed by atoms with Crippen LogP contribution in [0.2, 0.25) is 0 Å². The second-order valence-corrected chi connectivity index (χ2v) is 10.6. The molecule has 0 saturated carbocycles. The molecule has 0 amide bonds. The Balaban J connectivity index is 2.19. The zero-order chi connectivity index (χ0) is 35.7. The van der Waals surface area contributed by atoms with Gasteiger partial charge in [-0.2, -0.15) is 0 Å². The third-order valence-corrected chi connectivity index (χ3v) is 6.17. The number of halogens is 1. The highest BCUT2D eigenvalue weighted by atomic mass is 19.1. The van der Waals surface area contributed by atoms with Crippen molar-refractivity contribution in [1.82, 2.24) is 0 Å². The number of rotatable bonds is 8. The number of ether oxygens (including phenoxy) is 4. The van der Waals surface area contributed by atoms with Gasteiger partial charge in [0.05, 0.1) is 5.56 Å². The maximum absolute atomic E-state index is 16.4. The van der Waals surface area contributed by atoms with E-state index in [1.807, 2.05) is 0 Å². The summed E-state index contributed by atoms with van der Waals surface area (Å²) in [6, 6.07) is 12.2. The summed E-state index contributed by atoms with van der Waals surface area (Å²) in [4.78, 5) is 48.9. The molecule has 0 saturated heterocycles. The summed E-state index contributed by atoms with van der Waals surface area (Å²) in [6.45, 7) is 21.6. The molecular formula is C39H31FO8. The first-order valence-corrected chi connectivity index (χ1v) is 14.2. The van der Waals surface area contributed by atoms with E-state index in [1.165, 1.54) is 71.0 Å². The van der Waals surface area contributed by atoms with Crippen molar-refractivity contribution in [3.05, 3.63) is 131 Å². The Hall–Kier alpha value is -6.45. The molecule has 0 unspecified atom stereocenters. The van der Waals surface area contributed by atoms with E-state index in [2.05, 4.69) is 50.0 Å². The van der Waals surface area contributed by atoms with E-state index in [0.29, 0.717) is 11.1 Å². The third-order valence-electron chi connectivity index (χ3n) is 6.17. The summed E-state index contributed by atoms with van der Waals surface area (Å²) < 4.78 is 37.7. The molecule has 0 aliphatic rings. The van der Waals surface area contributed by atoms with E-state index in [4.69, 9.17) is 18.9 Å². The number of hydrogen-bond donors (Lipinski definition) is 0. The van der Waals surface area contributed by atoms with Crippen molar-refractivity contribution in [2.45, 2.75) is 34.6 Å². The number of esters is 4. The fourth-order valence-electron chi connectivity index (χ4n) is 3.51. The molecule has 0 radical (unpaired) electrons. The van der Waals surface area contributed by atoms with Crippen LogP contribution in [0.3, 0.4) is 0 Å². The lowest BCUT2D eigenvalue weighted by Crippen LogP contribution is -2.15. The molecule has 0 aliphatic carbocycles. The summed E-state index contributed by atoms with van der Waals surface area (Å²) in [5, 5.41) is 0. The highest BCUT2D eigenvalue weighted by Crippen LogP contribution is 2.38. The minimum Gasteiger partial charge on any atom is -0.423 e. The molecule has 0 bridgehead atoms. The van der Waals surface area contributed by atoms with E-state index >= 15 is 4.39 Å². The van der Waals surface area contributed by atoms with Crippen molar-refractivity contribution in [3.8, 4) is 46.7 Å². The maximum Gasteiger partial charge on any atom is 0.338 e. The van der Waals surface area contributed by atoms with Crippen LogP contribution in [0.15, 0.2) is 97.1 Å². The van der Waals surface area contributed by atoms with Crippen molar-refractivity contribution >= 4 is 23.9 Å². The number of carbonyl (C=O) groups is 4. The standard InChI is InChI=1S/C39H31FO8/c1-22(2)36(41)45-29-16-10-27(11-17-29)14-20-31-26(9)34(47-38(43)24(5)6)32(33(40)35(31)48-39(44)25(7)8)21-15-28-12-18-30(19-13-28)46-37(42)23(3)4/h10-13,16-19H,1,3,5,7H2,2,4,6,8-9H3. The molecule has 0 atom stereocenters. The normalized spacial score (nSPS) is 9.79. The third kappa shape index (κ3) is 9.29. The van der Waals surface area contributed by atoms with E-state index in [0.717, 1.165) is 0 Å². The van der Waals surface area contributed by atoms with Gasteiger partial charge in [0.1, 0.15) is 17.1 Å². The van der Waals surface area contributed by atoms with E-state index in [1.54, 1.807) is 12.1 Å². The van der Waals surface area contributed by atoms with Gasteiger partial charge in [-0.25, -0.2) is 23.6 Å². The molecular weight excluding hydrogens is 615 g/mol. The van der Waals surface area contributed by atoms with Crippen molar-refractivity contribution in [2.24, 2.45) is 0 Å². The lowest BCUT2D eigenvalue weighted by atomic mass is 10.00. The number of benzene rings is 3. The van der Waals surface area contributed by atoms with Gasteiger partial charge in [0.25, 0.3) is 0 Å². The molecule has 242 valence electrons. The molecule has 3 rings (SSSR count).